The van der Waals surface area contributed by atoms with Crippen molar-refractivity contribution in [1.29, 1.82) is 0 Å². The molecular weight excluding hydrogens is 502 g/mol. The Morgan fingerprint density at radius 2 is 1.73 bits per heavy atom. The second-order valence-electron chi connectivity index (χ2n) is 11.4. The maximum atomic E-state index is 13.3. The Bertz CT molecular complexity index is 1250. The molecule has 5 rings (SSSR count). The first-order valence-electron chi connectivity index (χ1n) is 14.5. The number of benzene rings is 3. The maximum Gasteiger partial charge on any atom is 0.338 e. The largest absolute Gasteiger partial charge is 0.497 e. The Hall–Kier alpha value is -3.51. The SMILES string of the molecule is COc1ccc(C(=O)OC2C(OCCC3CCCCC3)c3cc(NCc4ccccc4)ccc3OC2(C)C)cc1. The number of rotatable bonds is 10. The van der Waals surface area contributed by atoms with Crippen LogP contribution in [-0.4, -0.2) is 31.4 Å². The average molecular weight is 544 g/mol. The van der Waals surface area contributed by atoms with E-state index in [9.17, 15) is 4.79 Å². The van der Waals surface area contributed by atoms with Crippen molar-refractivity contribution in [3.05, 3.63) is 89.5 Å². The van der Waals surface area contributed by atoms with Gasteiger partial charge in [-0.3, -0.25) is 0 Å². The second kappa shape index (κ2) is 12.8. The zero-order valence-electron chi connectivity index (χ0n) is 23.9. The lowest BCUT2D eigenvalue weighted by Crippen LogP contribution is -2.51. The molecule has 1 aliphatic heterocycles. The Balaban J connectivity index is 1.39. The summed E-state index contributed by atoms with van der Waals surface area (Å²) in [5, 5.41) is 3.52. The van der Waals surface area contributed by atoms with Gasteiger partial charge in [-0.1, -0.05) is 62.4 Å². The molecule has 0 saturated heterocycles. The summed E-state index contributed by atoms with van der Waals surface area (Å²) >= 11 is 0. The Morgan fingerprint density at radius 3 is 2.45 bits per heavy atom. The van der Waals surface area contributed by atoms with Crippen molar-refractivity contribution >= 4 is 11.7 Å². The van der Waals surface area contributed by atoms with E-state index < -0.39 is 23.8 Å². The molecule has 3 aromatic rings. The third-order valence-electron chi connectivity index (χ3n) is 8.10. The van der Waals surface area contributed by atoms with Crippen molar-refractivity contribution in [2.24, 2.45) is 5.92 Å². The molecule has 2 unspecified atom stereocenters. The topological polar surface area (TPSA) is 66.0 Å². The van der Waals surface area contributed by atoms with Gasteiger partial charge in [0.15, 0.2) is 6.10 Å². The summed E-state index contributed by atoms with van der Waals surface area (Å²) in [4.78, 5) is 13.3. The van der Waals surface area contributed by atoms with Crippen molar-refractivity contribution in [1.82, 2.24) is 0 Å². The maximum absolute atomic E-state index is 13.3. The summed E-state index contributed by atoms with van der Waals surface area (Å²) in [7, 11) is 1.60. The minimum absolute atomic E-state index is 0.410. The molecule has 3 aromatic carbocycles. The zero-order valence-corrected chi connectivity index (χ0v) is 23.9. The highest BCUT2D eigenvalue weighted by atomic mass is 16.6. The molecule has 0 bridgehead atoms. The van der Waals surface area contributed by atoms with E-state index in [-0.39, 0.29) is 0 Å². The third-order valence-corrected chi connectivity index (χ3v) is 8.10. The van der Waals surface area contributed by atoms with E-state index in [4.69, 9.17) is 18.9 Å². The lowest BCUT2D eigenvalue weighted by molar-refractivity contribution is -0.141. The Labute approximate surface area is 238 Å². The van der Waals surface area contributed by atoms with Crippen LogP contribution >= 0.6 is 0 Å². The van der Waals surface area contributed by atoms with Crippen LogP contribution in [-0.2, 0) is 16.0 Å². The normalized spacial score (nSPS) is 20.2. The number of nitrogens with one attached hydrogen (secondary N) is 1. The molecule has 1 saturated carbocycles. The Morgan fingerprint density at radius 1 is 0.975 bits per heavy atom. The molecule has 0 aromatic heterocycles. The average Bonchev–Trinajstić information content (AvgIpc) is 2.98. The van der Waals surface area contributed by atoms with Crippen LogP contribution < -0.4 is 14.8 Å². The van der Waals surface area contributed by atoms with Crippen LogP contribution in [0.1, 0.15) is 80.0 Å². The van der Waals surface area contributed by atoms with Crippen molar-refractivity contribution in [2.45, 2.75) is 76.7 Å². The standard InChI is InChI=1S/C34H41NO5/c1-34(2)32(39-33(36)26-14-17-28(37-3)18-15-26)31(38-21-20-24-10-6-4-7-11-24)29-22-27(16-19-30(29)40-34)35-23-25-12-8-5-9-13-25/h5,8-9,12-19,22,24,31-32,35H,4,6-7,10-11,20-21,23H2,1-3H3. The van der Waals surface area contributed by atoms with Crippen LogP contribution in [0.25, 0.3) is 0 Å². The predicted molar refractivity (Wildman–Crippen MR) is 157 cm³/mol. The molecule has 1 heterocycles. The van der Waals surface area contributed by atoms with Crippen LogP contribution in [0.15, 0.2) is 72.8 Å². The van der Waals surface area contributed by atoms with E-state index in [0.29, 0.717) is 30.4 Å². The number of ether oxygens (including phenoxy) is 4. The molecule has 2 aliphatic rings. The fraction of sp³-hybridized carbons (Fsp3) is 0.441. The fourth-order valence-electron chi connectivity index (χ4n) is 5.77. The summed E-state index contributed by atoms with van der Waals surface area (Å²) in [6.07, 6.45) is 6.39. The highest BCUT2D eigenvalue weighted by molar-refractivity contribution is 5.89. The van der Waals surface area contributed by atoms with E-state index in [1.165, 1.54) is 37.7 Å². The van der Waals surface area contributed by atoms with Gasteiger partial charge in [-0.2, -0.15) is 0 Å². The summed E-state index contributed by atoms with van der Waals surface area (Å²) < 4.78 is 24.5. The lowest BCUT2D eigenvalue weighted by atomic mass is 9.86. The smallest absolute Gasteiger partial charge is 0.338 e. The molecule has 6 nitrogen and oxygen atoms in total. The number of carbonyl (C=O) groups excluding carboxylic acids is 1. The first kappa shape index (κ1) is 28.0. The number of esters is 1. The number of hydrogen-bond acceptors (Lipinski definition) is 6. The molecule has 2 atom stereocenters. The summed E-state index contributed by atoms with van der Waals surface area (Å²) in [5.41, 5.74) is 2.73. The van der Waals surface area contributed by atoms with E-state index in [0.717, 1.165) is 23.4 Å². The van der Waals surface area contributed by atoms with Gasteiger partial charge >= 0.3 is 5.97 Å². The van der Waals surface area contributed by atoms with Gasteiger partial charge in [-0.25, -0.2) is 4.79 Å². The molecule has 1 fully saturated rings. The van der Waals surface area contributed by atoms with Crippen LogP contribution in [0, 0.1) is 5.92 Å². The molecule has 6 heteroatoms. The number of methoxy groups -OCH3 is 1. The minimum Gasteiger partial charge on any atom is -0.497 e. The monoisotopic (exact) mass is 543 g/mol. The van der Waals surface area contributed by atoms with Crippen molar-refractivity contribution in [3.8, 4) is 11.5 Å². The van der Waals surface area contributed by atoms with Gasteiger partial charge in [0.05, 0.1) is 12.7 Å². The van der Waals surface area contributed by atoms with Crippen LogP contribution in [0.3, 0.4) is 0 Å². The molecule has 0 spiro atoms. The minimum atomic E-state index is -0.788. The highest BCUT2D eigenvalue weighted by Crippen LogP contribution is 2.45. The van der Waals surface area contributed by atoms with E-state index in [1.54, 1.807) is 31.4 Å². The van der Waals surface area contributed by atoms with Gasteiger partial charge in [0, 0.05) is 24.4 Å². The lowest BCUT2D eigenvalue weighted by Gasteiger charge is -2.44. The van der Waals surface area contributed by atoms with Crippen LogP contribution in [0.4, 0.5) is 5.69 Å². The van der Waals surface area contributed by atoms with E-state index >= 15 is 0 Å². The predicted octanol–water partition coefficient (Wildman–Crippen LogP) is 7.73. The van der Waals surface area contributed by atoms with Crippen molar-refractivity contribution in [3.63, 3.8) is 0 Å². The molecule has 1 aliphatic carbocycles. The summed E-state index contributed by atoms with van der Waals surface area (Å²) in [6.45, 7) is 5.24. The van der Waals surface area contributed by atoms with Gasteiger partial charge < -0.3 is 24.3 Å². The molecule has 0 amide bonds. The molecule has 40 heavy (non-hydrogen) atoms. The molecular formula is C34H41NO5. The first-order valence-corrected chi connectivity index (χ1v) is 14.5. The van der Waals surface area contributed by atoms with E-state index in [2.05, 4.69) is 23.5 Å². The van der Waals surface area contributed by atoms with E-state index in [1.807, 2.05) is 44.2 Å². The van der Waals surface area contributed by atoms with Gasteiger partial charge in [0.2, 0.25) is 0 Å². The van der Waals surface area contributed by atoms with Crippen LogP contribution in [0.5, 0.6) is 11.5 Å². The molecule has 0 radical (unpaired) electrons. The Kier molecular flexibility index (Phi) is 8.95. The number of anilines is 1. The first-order chi connectivity index (χ1) is 19.4. The molecule has 212 valence electrons. The van der Waals surface area contributed by atoms with Crippen molar-refractivity contribution < 1.29 is 23.7 Å². The summed E-state index contributed by atoms with van der Waals surface area (Å²) in [5.74, 6) is 1.73. The summed E-state index contributed by atoms with van der Waals surface area (Å²) in [6, 6.07) is 23.4. The van der Waals surface area contributed by atoms with Gasteiger partial charge in [0.1, 0.15) is 23.2 Å². The zero-order chi connectivity index (χ0) is 28.0. The second-order valence-corrected chi connectivity index (χ2v) is 11.4. The highest BCUT2D eigenvalue weighted by Gasteiger charge is 2.47. The number of fused-ring (bicyclic) bond motifs is 1. The number of carbonyl (C=O) groups is 1. The molecule has 1 N–H and O–H groups in total. The van der Waals surface area contributed by atoms with Crippen LogP contribution in [0.2, 0.25) is 0 Å². The fourth-order valence-corrected chi connectivity index (χ4v) is 5.77. The quantitative estimate of drug-likeness (QED) is 0.264. The number of hydrogen-bond donors (Lipinski definition) is 1. The van der Waals surface area contributed by atoms with Crippen molar-refractivity contribution in [2.75, 3.05) is 19.0 Å². The third kappa shape index (κ3) is 6.79. The van der Waals surface area contributed by atoms with Gasteiger partial charge in [-0.15, -0.1) is 0 Å². The van der Waals surface area contributed by atoms with Gasteiger partial charge in [0.25, 0.3) is 0 Å². The van der Waals surface area contributed by atoms with Gasteiger partial charge in [-0.05, 0) is 74.2 Å².